The number of nitrogens with one attached hydrogen (secondary N) is 1. The number of aryl methyl sites for hydroxylation is 2. The van der Waals surface area contributed by atoms with Crippen molar-refractivity contribution >= 4 is 5.91 Å². The molecular formula is C27H35NO3. The topological polar surface area (TPSA) is 51.5 Å². The molecule has 1 aromatic carbocycles. The molecule has 0 spiro atoms. The molecule has 4 nitrogen and oxygen atoms in total. The Hall–Kier alpha value is -2.23. The Morgan fingerprint density at radius 3 is 2.26 bits per heavy atom. The molecule has 4 fully saturated rings. The average Bonchev–Trinajstić information content (AvgIpc) is 3.18. The smallest absolute Gasteiger partial charge is 0.287 e. The lowest BCUT2D eigenvalue weighted by Crippen LogP contribution is -2.56. The van der Waals surface area contributed by atoms with E-state index in [2.05, 4.69) is 32.2 Å². The summed E-state index contributed by atoms with van der Waals surface area (Å²) in [4.78, 5) is 13.0. The largest absolute Gasteiger partial charge is 0.486 e. The molecular weight excluding hydrogens is 386 g/mol. The quantitative estimate of drug-likeness (QED) is 0.579. The zero-order valence-corrected chi connectivity index (χ0v) is 19.1. The number of hydrogen-bond acceptors (Lipinski definition) is 3. The predicted octanol–water partition coefficient (Wildman–Crippen LogP) is 6.20. The minimum Gasteiger partial charge on any atom is -0.486 e. The maximum absolute atomic E-state index is 13.0. The molecule has 1 aromatic heterocycles. The first kappa shape index (κ1) is 20.7. The third-order valence-electron chi connectivity index (χ3n) is 8.00. The molecule has 4 saturated carbocycles. The highest BCUT2D eigenvalue weighted by molar-refractivity contribution is 5.91. The Bertz CT molecular complexity index is 904. The molecule has 1 unspecified atom stereocenters. The third kappa shape index (κ3) is 4.14. The van der Waals surface area contributed by atoms with Crippen LogP contribution in [-0.4, -0.2) is 11.9 Å². The van der Waals surface area contributed by atoms with Gasteiger partial charge in [0.25, 0.3) is 5.91 Å². The van der Waals surface area contributed by atoms with Crippen molar-refractivity contribution in [3.05, 3.63) is 53.0 Å². The van der Waals surface area contributed by atoms with Gasteiger partial charge in [-0.1, -0.05) is 13.0 Å². The molecule has 0 aliphatic heterocycles. The van der Waals surface area contributed by atoms with Gasteiger partial charge in [-0.25, -0.2) is 0 Å². The molecule has 1 atom stereocenters. The first-order chi connectivity index (χ1) is 14.9. The third-order valence-corrected chi connectivity index (χ3v) is 8.00. The molecule has 1 N–H and O–H groups in total. The van der Waals surface area contributed by atoms with Crippen LogP contribution in [0.4, 0.5) is 0 Å². The molecule has 0 saturated heterocycles. The van der Waals surface area contributed by atoms with Crippen molar-refractivity contribution in [2.75, 3.05) is 0 Å². The van der Waals surface area contributed by atoms with Gasteiger partial charge in [-0.3, -0.25) is 4.79 Å². The van der Waals surface area contributed by atoms with Crippen LogP contribution < -0.4 is 10.1 Å². The van der Waals surface area contributed by atoms with Gasteiger partial charge in [0.2, 0.25) is 0 Å². The summed E-state index contributed by atoms with van der Waals surface area (Å²) in [6.07, 6.45) is 9.14. The Kier molecular flexibility index (Phi) is 5.35. The van der Waals surface area contributed by atoms with Gasteiger partial charge in [-0.2, -0.15) is 0 Å². The van der Waals surface area contributed by atoms with Crippen molar-refractivity contribution in [3.8, 4) is 5.75 Å². The summed E-state index contributed by atoms with van der Waals surface area (Å²) in [5, 5.41) is 3.37. The van der Waals surface area contributed by atoms with Crippen LogP contribution in [0.2, 0.25) is 0 Å². The summed E-state index contributed by atoms with van der Waals surface area (Å²) in [7, 11) is 0. The lowest BCUT2D eigenvalue weighted by molar-refractivity contribution is -0.0728. The summed E-state index contributed by atoms with van der Waals surface area (Å²) < 4.78 is 11.7. The minimum atomic E-state index is -0.0831. The zero-order chi connectivity index (χ0) is 21.6. The summed E-state index contributed by atoms with van der Waals surface area (Å²) >= 11 is 0. The molecule has 31 heavy (non-hydrogen) atoms. The van der Waals surface area contributed by atoms with Crippen LogP contribution in [0.15, 0.2) is 34.7 Å². The lowest BCUT2D eigenvalue weighted by Gasteiger charge is -2.59. The first-order valence-electron chi connectivity index (χ1n) is 12.0. The zero-order valence-electron chi connectivity index (χ0n) is 19.1. The molecule has 4 heteroatoms. The number of carbonyl (C=O) groups excluding carboxylic acids is 1. The van der Waals surface area contributed by atoms with E-state index in [1.165, 1.54) is 49.7 Å². The van der Waals surface area contributed by atoms with E-state index in [-0.39, 0.29) is 11.9 Å². The van der Waals surface area contributed by atoms with Gasteiger partial charge in [0.05, 0.1) is 0 Å². The Morgan fingerprint density at radius 1 is 1.06 bits per heavy atom. The van der Waals surface area contributed by atoms with Gasteiger partial charge >= 0.3 is 0 Å². The number of hydrogen-bond donors (Lipinski definition) is 1. The second-order valence-corrected chi connectivity index (χ2v) is 10.6. The van der Waals surface area contributed by atoms with Gasteiger partial charge in [0.15, 0.2) is 5.76 Å². The monoisotopic (exact) mass is 421 g/mol. The molecule has 166 valence electrons. The number of rotatable bonds is 7. The number of furan rings is 1. The van der Waals surface area contributed by atoms with Crippen molar-refractivity contribution in [2.45, 2.75) is 78.4 Å². The number of amides is 1. The molecule has 4 aliphatic carbocycles. The van der Waals surface area contributed by atoms with Crippen LogP contribution in [0.3, 0.4) is 0 Å². The maximum atomic E-state index is 13.0. The SMILES string of the molecule is CCC(NC(=O)c1ccc(COc2cc(C)cc(C)c2)o1)C12CC3CC(CC(C3)C1)C2. The van der Waals surface area contributed by atoms with Crippen LogP contribution in [0.25, 0.3) is 0 Å². The second kappa shape index (κ2) is 8.03. The highest BCUT2D eigenvalue weighted by atomic mass is 16.5. The summed E-state index contributed by atoms with van der Waals surface area (Å²) in [6.45, 7) is 6.66. The van der Waals surface area contributed by atoms with Gasteiger partial charge in [0, 0.05) is 6.04 Å². The standard InChI is InChI=1S/C27H35NO3/c1-4-25(27-13-19-10-20(14-27)12-21(11-19)15-27)28-26(29)24-6-5-22(31-24)16-30-23-8-17(2)7-18(3)9-23/h5-9,19-21,25H,4,10-16H2,1-3H3,(H,28,29). The van der Waals surface area contributed by atoms with Crippen LogP contribution >= 0.6 is 0 Å². The van der Waals surface area contributed by atoms with Crippen LogP contribution in [0.1, 0.15) is 79.3 Å². The van der Waals surface area contributed by atoms with Crippen LogP contribution in [0, 0.1) is 37.0 Å². The minimum absolute atomic E-state index is 0.0831. The summed E-state index contributed by atoms with van der Waals surface area (Å²) in [6, 6.07) is 10.0. The van der Waals surface area contributed by atoms with Crippen molar-refractivity contribution in [2.24, 2.45) is 23.2 Å². The Balaban J connectivity index is 1.23. The van der Waals surface area contributed by atoms with E-state index in [9.17, 15) is 4.79 Å². The fourth-order valence-corrected chi connectivity index (χ4v) is 7.27. The molecule has 2 aromatic rings. The normalized spacial score (nSPS) is 29.7. The van der Waals surface area contributed by atoms with Crippen molar-refractivity contribution in [3.63, 3.8) is 0 Å². The fourth-order valence-electron chi connectivity index (χ4n) is 7.27. The van der Waals surface area contributed by atoms with Gasteiger partial charge in [-0.05, 0) is 117 Å². The summed E-state index contributed by atoms with van der Waals surface area (Å²) in [5.41, 5.74) is 2.65. The first-order valence-corrected chi connectivity index (χ1v) is 12.0. The van der Waals surface area contributed by atoms with Crippen LogP contribution in [0.5, 0.6) is 5.75 Å². The highest BCUT2D eigenvalue weighted by Gasteiger charge is 2.54. The van der Waals surface area contributed by atoms with Crippen molar-refractivity contribution < 1.29 is 13.9 Å². The van der Waals surface area contributed by atoms with Gasteiger partial charge in [-0.15, -0.1) is 0 Å². The average molecular weight is 422 g/mol. The molecule has 4 bridgehead atoms. The summed E-state index contributed by atoms with van der Waals surface area (Å²) in [5.74, 6) is 4.46. The predicted molar refractivity (Wildman–Crippen MR) is 121 cm³/mol. The molecule has 0 radical (unpaired) electrons. The second-order valence-electron chi connectivity index (χ2n) is 10.6. The van der Waals surface area contributed by atoms with E-state index in [1.54, 1.807) is 6.07 Å². The van der Waals surface area contributed by atoms with E-state index >= 15 is 0 Å². The Morgan fingerprint density at radius 2 is 1.68 bits per heavy atom. The highest BCUT2D eigenvalue weighted by Crippen LogP contribution is 2.61. The number of benzene rings is 1. The van der Waals surface area contributed by atoms with E-state index in [0.717, 1.165) is 29.9 Å². The number of carbonyl (C=O) groups is 1. The molecule has 4 aliphatic rings. The van der Waals surface area contributed by atoms with Crippen molar-refractivity contribution in [1.29, 1.82) is 0 Å². The van der Waals surface area contributed by atoms with Gasteiger partial charge in [0.1, 0.15) is 18.1 Å². The number of ether oxygens (including phenoxy) is 1. The fraction of sp³-hybridized carbons (Fsp3) is 0.593. The van der Waals surface area contributed by atoms with Crippen LogP contribution in [-0.2, 0) is 6.61 Å². The molecule has 6 rings (SSSR count). The van der Waals surface area contributed by atoms with E-state index in [0.29, 0.717) is 23.5 Å². The van der Waals surface area contributed by atoms with E-state index in [4.69, 9.17) is 9.15 Å². The van der Waals surface area contributed by atoms with E-state index in [1.807, 2.05) is 18.2 Å². The molecule has 1 heterocycles. The maximum Gasteiger partial charge on any atom is 0.287 e. The van der Waals surface area contributed by atoms with Crippen molar-refractivity contribution in [1.82, 2.24) is 5.32 Å². The van der Waals surface area contributed by atoms with Gasteiger partial charge < -0.3 is 14.5 Å². The molecule has 1 amide bonds. The lowest BCUT2D eigenvalue weighted by atomic mass is 9.47. The van der Waals surface area contributed by atoms with E-state index < -0.39 is 0 Å². The Labute approximate surface area is 185 Å².